The molecule has 146 valence electrons. The molecule has 6 aromatic rings. The molecule has 0 aromatic carbocycles. The summed E-state index contributed by atoms with van der Waals surface area (Å²) in [6, 6.07) is 17.5. The average molecular weight is 588 g/mol. The molecule has 0 radical (unpaired) electrons. The van der Waals surface area contributed by atoms with Crippen molar-refractivity contribution in [3.05, 3.63) is 85.7 Å². The quantitative estimate of drug-likeness (QED) is 0.195. The topological polar surface area (TPSA) is 77.3 Å². The van der Waals surface area contributed by atoms with Gasteiger partial charge in [0, 0.05) is 35.8 Å². The second-order valence-corrected chi connectivity index (χ2v) is 5.97. The van der Waals surface area contributed by atoms with E-state index in [0.717, 1.165) is 32.6 Å². The maximum atomic E-state index is 4.30. The van der Waals surface area contributed by atoms with Crippen LogP contribution in [-0.2, 0) is 20.1 Å². The van der Waals surface area contributed by atoms with Gasteiger partial charge in [0.05, 0.1) is 11.3 Å². The number of rotatable bonds is 0. The van der Waals surface area contributed by atoms with E-state index in [1.807, 2.05) is 24.3 Å². The zero-order valence-electron chi connectivity index (χ0n) is 15.3. The van der Waals surface area contributed by atoms with Gasteiger partial charge in [0.2, 0.25) is 0 Å². The Morgan fingerprint density at radius 2 is 1.03 bits per heavy atom. The summed E-state index contributed by atoms with van der Waals surface area (Å²) in [4.78, 5) is 25.3. The van der Waals surface area contributed by atoms with Gasteiger partial charge in [-0.15, -0.1) is 24.3 Å². The second-order valence-electron chi connectivity index (χ2n) is 5.97. The van der Waals surface area contributed by atoms with Crippen LogP contribution in [0.15, 0.2) is 73.6 Å². The van der Waals surface area contributed by atoms with Crippen molar-refractivity contribution in [3.63, 3.8) is 0 Å². The van der Waals surface area contributed by atoms with Crippen LogP contribution in [0.3, 0.4) is 0 Å². The SMILES string of the molecule is [Cl-].[Ir+3].[c-]1ccnc2ncc3cccnc3c12.[c-]1ccnc2ncc3cccnc3c12. The number of nitrogens with zero attached hydrogens (tertiary/aromatic N) is 6. The number of halogens is 1. The van der Waals surface area contributed by atoms with E-state index in [0.29, 0.717) is 11.3 Å². The van der Waals surface area contributed by atoms with Gasteiger partial charge in [0.25, 0.3) is 0 Å². The molecule has 0 amide bonds. The van der Waals surface area contributed by atoms with E-state index >= 15 is 0 Å². The summed E-state index contributed by atoms with van der Waals surface area (Å²) in [5.74, 6) is 0. The van der Waals surface area contributed by atoms with Crippen LogP contribution in [0, 0.1) is 12.1 Å². The van der Waals surface area contributed by atoms with Crippen LogP contribution in [-0.4, -0.2) is 29.9 Å². The van der Waals surface area contributed by atoms with Crippen molar-refractivity contribution in [2.45, 2.75) is 0 Å². The van der Waals surface area contributed by atoms with Crippen LogP contribution >= 0.6 is 0 Å². The van der Waals surface area contributed by atoms with Crippen LogP contribution in [0.4, 0.5) is 0 Å². The molecule has 6 heterocycles. The summed E-state index contributed by atoms with van der Waals surface area (Å²) in [6.45, 7) is 0. The summed E-state index contributed by atoms with van der Waals surface area (Å²) < 4.78 is 0. The maximum Gasteiger partial charge on any atom is 3.00 e. The van der Waals surface area contributed by atoms with E-state index in [9.17, 15) is 0 Å². The molecule has 0 aliphatic rings. The fraction of sp³-hybridized carbons (Fsp3) is 0. The predicted molar refractivity (Wildman–Crippen MR) is 107 cm³/mol. The first kappa shape index (κ1) is 21.6. The maximum absolute atomic E-state index is 4.30. The molecular weight excluding hydrogens is 576 g/mol. The number of pyridine rings is 6. The van der Waals surface area contributed by atoms with Gasteiger partial charge < -0.3 is 32.3 Å². The molecule has 6 nitrogen and oxygen atoms in total. The molecule has 6 rings (SSSR count). The van der Waals surface area contributed by atoms with Gasteiger partial charge in [0.15, 0.2) is 0 Å². The van der Waals surface area contributed by atoms with Crippen LogP contribution in [0.1, 0.15) is 0 Å². The summed E-state index contributed by atoms with van der Waals surface area (Å²) in [5.41, 5.74) is 3.20. The molecule has 8 heteroatoms. The second kappa shape index (κ2) is 9.59. The molecule has 30 heavy (non-hydrogen) atoms. The van der Waals surface area contributed by atoms with E-state index in [1.54, 1.807) is 49.3 Å². The molecule has 0 aliphatic heterocycles. The Labute approximate surface area is 191 Å². The molecule has 0 N–H and O–H groups in total. The zero-order valence-corrected chi connectivity index (χ0v) is 18.5. The van der Waals surface area contributed by atoms with Crippen molar-refractivity contribution in [2.75, 3.05) is 0 Å². The first-order chi connectivity index (χ1) is 13.9. The molecule has 0 aliphatic carbocycles. The van der Waals surface area contributed by atoms with Gasteiger partial charge in [-0.05, 0) is 22.9 Å². The molecule has 0 saturated heterocycles. The van der Waals surface area contributed by atoms with Crippen molar-refractivity contribution >= 4 is 43.9 Å². The molecule has 0 fully saturated rings. The molecule has 6 aromatic heterocycles. The predicted octanol–water partition coefficient (Wildman–Crippen LogP) is 0.958. The Balaban J connectivity index is 0.000000160. The monoisotopic (exact) mass is 588 g/mol. The van der Waals surface area contributed by atoms with E-state index in [-0.39, 0.29) is 32.5 Å². The molecule has 0 saturated carbocycles. The summed E-state index contributed by atoms with van der Waals surface area (Å²) in [6.07, 6.45) is 10.5. The van der Waals surface area contributed by atoms with Crippen LogP contribution in [0.2, 0.25) is 0 Å². The standard InChI is InChI=1S/2C11H6N3.ClH.Ir/c2*1-3-8-7-14-11-9(4-2-6-13-11)10(8)12-5-1;;/h2*1-3,5-7H;1H;/q2*-1;;+3/p-1. The van der Waals surface area contributed by atoms with Crippen molar-refractivity contribution in [3.8, 4) is 0 Å². The minimum atomic E-state index is 0. The van der Waals surface area contributed by atoms with Gasteiger partial charge in [-0.25, -0.2) is 0 Å². The Hall–Kier alpha value is -3.12. The smallest absolute Gasteiger partial charge is 1.00 e. The average Bonchev–Trinajstić information content (AvgIpc) is 2.79. The van der Waals surface area contributed by atoms with Gasteiger partial charge in [-0.2, -0.15) is 0 Å². The van der Waals surface area contributed by atoms with Crippen LogP contribution < -0.4 is 12.4 Å². The van der Waals surface area contributed by atoms with Gasteiger partial charge >= 0.3 is 20.1 Å². The fourth-order valence-electron chi connectivity index (χ4n) is 2.98. The third-order valence-electron chi connectivity index (χ3n) is 4.25. The number of fused-ring (bicyclic) bond motifs is 6. The van der Waals surface area contributed by atoms with Crippen molar-refractivity contribution in [2.24, 2.45) is 0 Å². The molecule has 0 atom stereocenters. The Kier molecular flexibility index (Phi) is 6.90. The normalized spacial score (nSPS) is 10.1. The Bertz CT molecular complexity index is 1220. The molecular formula is C22H12ClIrN6. The van der Waals surface area contributed by atoms with Crippen molar-refractivity contribution < 1.29 is 32.5 Å². The number of aromatic nitrogens is 6. The van der Waals surface area contributed by atoms with Gasteiger partial charge in [0.1, 0.15) is 0 Å². The van der Waals surface area contributed by atoms with Crippen molar-refractivity contribution in [1.82, 2.24) is 29.9 Å². The van der Waals surface area contributed by atoms with Gasteiger partial charge in [-0.3, -0.25) is 9.97 Å². The third-order valence-corrected chi connectivity index (χ3v) is 4.25. The Morgan fingerprint density at radius 3 is 1.50 bits per heavy atom. The Morgan fingerprint density at radius 1 is 0.567 bits per heavy atom. The van der Waals surface area contributed by atoms with E-state index in [4.69, 9.17) is 0 Å². The van der Waals surface area contributed by atoms with Gasteiger partial charge in [-0.1, -0.05) is 35.3 Å². The molecule has 0 spiro atoms. The van der Waals surface area contributed by atoms with E-state index in [2.05, 4.69) is 42.0 Å². The van der Waals surface area contributed by atoms with Crippen molar-refractivity contribution in [1.29, 1.82) is 0 Å². The third kappa shape index (κ3) is 4.09. The van der Waals surface area contributed by atoms with E-state index < -0.39 is 0 Å². The largest absolute Gasteiger partial charge is 3.00 e. The summed E-state index contributed by atoms with van der Waals surface area (Å²) >= 11 is 0. The summed E-state index contributed by atoms with van der Waals surface area (Å²) in [7, 11) is 0. The summed E-state index contributed by atoms with van der Waals surface area (Å²) in [5, 5.41) is 3.80. The molecule has 0 bridgehead atoms. The minimum Gasteiger partial charge on any atom is -1.00 e. The minimum absolute atomic E-state index is 0. The van der Waals surface area contributed by atoms with Crippen LogP contribution in [0.5, 0.6) is 0 Å². The number of hydrogen-bond acceptors (Lipinski definition) is 6. The first-order valence-electron chi connectivity index (χ1n) is 8.62. The first-order valence-corrected chi connectivity index (χ1v) is 8.62. The van der Waals surface area contributed by atoms with E-state index in [1.165, 1.54) is 0 Å². The fourth-order valence-corrected chi connectivity index (χ4v) is 2.98. The zero-order chi connectivity index (χ0) is 18.8. The molecule has 0 unspecified atom stereocenters. The van der Waals surface area contributed by atoms with Crippen LogP contribution in [0.25, 0.3) is 43.9 Å². The number of hydrogen-bond donors (Lipinski definition) is 0.